The Morgan fingerprint density at radius 2 is 0.607 bits per heavy atom. The normalized spacial score (nSPS) is 12.2. The van der Waals surface area contributed by atoms with E-state index >= 15 is 0 Å². The minimum atomic E-state index is -0.785. The van der Waals surface area contributed by atoms with Crippen molar-refractivity contribution in [3.8, 4) is 0 Å². The van der Waals surface area contributed by atoms with E-state index in [2.05, 4.69) is 57.2 Å². The summed E-state index contributed by atoms with van der Waals surface area (Å²) >= 11 is 0. The number of hydrogen-bond donors (Lipinski definition) is 0. The largest absolute Gasteiger partial charge is 0.462 e. The Labute approximate surface area is 378 Å². The topological polar surface area (TPSA) is 78.9 Å². The molecule has 356 valence electrons. The Bertz CT molecular complexity index is 1030. The molecule has 0 aliphatic carbocycles. The highest BCUT2D eigenvalue weighted by molar-refractivity contribution is 5.71. The molecule has 0 amide bonds. The molecule has 6 heteroatoms. The smallest absolute Gasteiger partial charge is 0.306 e. The first kappa shape index (κ1) is 58.6. The van der Waals surface area contributed by atoms with Crippen molar-refractivity contribution in [2.45, 2.75) is 284 Å². The lowest BCUT2D eigenvalue weighted by molar-refractivity contribution is -0.167. The second-order valence-electron chi connectivity index (χ2n) is 17.8. The van der Waals surface area contributed by atoms with Gasteiger partial charge >= 0.3 is 17.9 Å². The summed E-state index contributed by atoms with van der Waals surface area (Å²) in [4.78, 5) is 37.9. The number of hydrogen-bond acceptors (Lipinski definition) is 6. The molecule has 0 aliphatic heterocycles. The lowest BCUT2D eigenvalue weighted by Gasteiger charge is -2.18. The Hall–Kier alpha value is -2.37. The van der Waals surface area contributed by atoms with Crippen LogP contribution >= 0.6 is 0 Å². The van der Waals surface area contributed by atoms with Gasteiger partial charge in [-0.1, -0.05) is 231 Å². The zero-order valence-corrected chi connectivity index (χ0v) is 40.7. The van der Waals surface area contributed by atoms with Gasteiger partial charge in [0.2, 0.25) is 0 Å². The standard InChI is InChI=1S/C55H100O6/c1-4-7-10-13-16-19-21-23-25-27-28-30-31-33-36-39-42-45-48-54(57)60-51-52(50-59-53(56)47-44-41-38-35-18-15-12-9-6-3)61-55(58)49-46-43-40-37-34-32-29-26-24-22-20-17-14-11-8-5-2/h25,27-28,30,35,38,52H,4-24,26,29,31-34,36-37,39-51H2,1-3H3/b27-25-,30-28-,38-35-. The van der Waals surface area contributed by atoms with Crippen LogP contribution in [0.4, 0.5) is 0 Å². The van der Waals surface area contributed by atoms with Gasteiger partial charge in [0, 0.05) is 19.3 Å². The van der Waals surface area contributed by atoms with E-state index in [1.807, 2.05) is 0 Å². The van der Waals surface area contributed by atoms with Gasteiger partial charge in [-0.25, -0.2) is 0 Å². The van der Waals surface area contributed by atoms with E-state index < -0.39 is 6.10 Å². The summed E-state index contributed by atoms with van der Waals surface area (Å²) in [5.41, 5.74) is 0. The molecule has 0 rings (SSSR count). The highest BCUT2D eigenvalue weighted by atomic mass is 16.6. The molecule has 0 bridgehead atoms. The van der Waals surface area contributed by atoms with Crippen molar-refractivity contribution in [2.75, 3.05) is 13.2 Å². The fraction of sp³-hybridized carbons (Fsp3) is 0.836. The first-order chi connectivity index (χ1) is 30.0. The fourth-order valence-electron chi connectivity index (χ4n) is 7.61. The zero-order valence-electron chi connectivity index (χ0n) is 40.7. The number of carbonyl (C=O) groups excluding carboxylic acids is 3. The molecular formula is C55H100O6. The van der Waals surface area contributed by atoms with E-state index in [4.69, 9.17) is 14.2 Å². The monoisotopic (exact) mass is 857 g/mol. The van der Waals surface area contributed by atoms with Gasteiger partial charge < -0.3 is 14.2 Å². The summed E-state index contributed by atoms with van der Waals surface area (Å²) in [7, 11) is 0. The minimum absolute atomic E-state index is 0.0859. The van der Waals surface area contributed by atoms with E-state index in [1.165, 1.54) is 161 Å². The molecule has 0 aromatic heterocycles. The number of carbonyl (C=O) groups is 3. The number of rotatable bonds is 48. The van der Waals surface area contributed by atoms with Gasteiger partial charge in [-0.3, -0.25) is 14.4 Å². The van der Waals surface area contributed by atoms with Crippen molar-refractivity contribution >= 4 is 17.9 Å². The van der Waals surface area contributed by atoms with Crippen LogP contribution in [0, 0.1) is 0 Å². The number of esters is 3. The molecule has 0 spiro atoms. The summed E-state index contributed by atoms with van der Waals surface area (Å²) in [5.74, 6) is -0.925. The van der Waals surface area contributed by atoms with Crippen molar-refractivity contribution in [3.05, 3.63) is 36.5 Å². The molecule has 0 aromatic carbocycles. The molecular weight excluding hydrogens is 757 g/mol. The molecule has 0 aliphatic rings. The van der Waals surface area contributed by atoms with Crippen LogP contribution in [-0.4, -0.2) is 37.2 Å². The molecule has 0 radical (unpaired) electrons. The van der Waals surface area contributed by atoms with Gasteiger partial charge in [0.1, 0.15) is 13.2 Å². The summed E-state index contributed by atoms with van der Waals surface area (Å²) in [6.45, 7) is 6.59. The first-order valence-electron chi connectivity index (χ1n) is 26.5. The van der Waals surface area contributed by atoms with Crippen molar-refractivity contribution in [1.82, 2.24) is 0 Å². The van der Waals surface area contributed by atoms with Gasteiger partial charge in [-0.15, -0.1) is 0 Å². The summed E-state index contributed by atoms with van der Waals surface area (Å²) in [6, 6.07) is 0. The van der Waals surface area contributed by atoms with Gasteiger partial charge in [0.15, 0.2) is 6.10 Å². The lowest BCUT2D eigenvalue weighted by Crippen LogP contribution is -2.30. The molecule has 0 heterocycles. The Morgan fingerprint density at radius 1 is 0.328 bits per heavy atom. The van der Waals surface area contributed by atoms with Crippen molar-refractivity contribution < 1.29 is 28.6 Å². The molecule has 0 N–H and O–H groups in total. The van der Waals surface area contributed by atoms with Crippen LogP contribution in [0.25, 0.3) is 0 Å². The molecule has 0 saturated heterocycles. The Kier molecular flexibility index (Phi) is 48.3. The second-order valence-corrected chi connectivity index (χ2v) is 17.8. The van der Waals surface area contributed by atoms with Crippen LogP contribution in [0.5, 0.6) is 0 Å². The fourth-order valence-corrected chi connectivity index (χ4v) is 7.61. The van der Waals surface area contributed by atoms with Gasteiger partial charge in [-0.05, 0) is 64.2 Å². The predicted molar refractivity (Wildman–Crippen MR) is 261 cm³/mol. The Morgan fingerprint density at radius 3 is 1.00 bits per heavy atom. The van der Waals surface area contributed by atoms with Crippen LogP contribution < -0.4 is 0 Å². The molecule has 0 saturated carbocycles. The molecule has 0 fully saturated rings. The third-order valence-electron chi connectivity index (χ3n) is 11.6. The molecule has 61 heavy (non-hydrogen) atoms. The molecule has 0 aromatic rings. The summed E-state index contributed by atoms with van der Waals surface area (Å²) in [6.07, 6.45) is 58.6. The van der Waals surface area contributed by atoms with Crippen LogP contribution in [-0.2, 0) is 28.6 Å². The first-order valence-corrected chi connectivity index (χ1v) is 26.5. The van der Waals surface area contributed by atoms with Gasteiger partial charge in [0.25, 0.3) is 0 Å². The van der Waals surface area contributed by atoms with E-state index in [0.717, 1.165) is 77.0 Å². The van der Waals surface area contributed by atoms with E-state index in [0.29, 0.717) is 19.3 Å². The minimum Gasteiger partial charge on any atom is -0.462 e. The Balaban J connectivity index is 4.32. The molecule has 6 nitrogen and oxygen atoms in total. The zero-order chi connectivity index (χ0) is 44.4. The van der Waals surface area contributed by atoms with Gasteiger partial charge in [-0.2, -0.15) is 0 Å². The van der Waals surface area contributed by atoms with Crippen LogP contribution in [0.2, 0.25) is 0 Å². The highest BCUT2D eigenvalue weighted by Gasteiger charge is 2.19. The highest BCUT2D eigenvalue weighted by Crippen LogP contribution is 2.16. The van der Waals surface area contributed by atoms with Crippen LogP contribution in [0.1, 0.15) is 278 Å². The quantitative estimate of drug-likeness (QED) is 0.0199. The lowest BCUT2D eigenvalue weighted by atomic mass is 10.0. The third-order valence-corrected chi connectivity index (χ3v) is 11.6. The predicted octanol–water partition coefficient (Wildman–Crippen LogP) is 17.3. The van der Waals surface area contributed by atoms with Crippen molar-refractivity contribution in [2.24, 2.45) is 0 Å². The van der Waals surface area contributed by atoms with Crippen molar-refractivity contribution in [3.63, 3.8) is 0 Å². The van der Waals surface area contributed by atoms with Gasteiger partial charge in [0.05, 0.1) is 0 Å². The SMILES string of the molecule is CCCCCC/C=C\CCCC(=O)OCC(COC(=O)CCCCCCC/C=C\C=C/CCCCCCCCC)OC(=O)CCCCCCCCCCCCCCCCCC. The number of allylic oxidation sites excluding steroid dienone is 6. The average molecular weight is 857 g/mol. The average Bonchev–Trinajstić information content (AvgIpc) is 3.26. The van der Waals surface area contributed by atoms with Crippen LogP contribution in [0.15, 0.2) is 36.5 Å². The number of unbranched alkanes of at least 4 members (excludes halogenated alkanes) is 32. The van der Waals surface area contributed by atoms with E-state index in [1.54, 1.807) is 0 Å². The second kappa shape index (κ2) is 50.3. The van der Waals surface area contributed by atoms with Crippen molar-refractivity contribution in [1.29, 1.82) is 0 Å². The summed E-state index contributed by atoms with van der Waals surface area (Å²) < 4.78 is 16.7. The maximum absolute atomic E-state index is 12.8. The molecule has 1 atom stereocenters. The maximum Gasteiger partial charge on any atom is 0.306 e. The third kappa shape index (κ3) is 48.5. The maximum atomic E-state index is 12.8. The summed E-state index contributed by atoms with van der Waals surface area (Å²) in [5, 5.41) is 0. The molecule has 1 unspecified atom stereocenters. The van der Waals surface area contributed by atoms with Crippen LogP contribution in [0.3, 0.4) is 0 Å². The van der Waals surface area contributed by atoms with E-state index in [9.17, 15) is 14.4 Å². The number of ether oxygens (including phenoxy) is 3. The van der Waals surface area contributed by atoms with E-state index in [-0.39, 0.29) is 31.1 Å².